The average molecular weight is 338 g/mol. The van der Waals surface area contributed by atoms with E-state index in [0.29, 0.717) is 28.8 Å². The Morgan fingerprint density at radius 3 is 2.44 bits per heavy atom. The number of nitrogen functional groups attached to an aromatic ring is 2. The Morgan fingerprint density at radius 2 is 1.80 bits per heavy atom. The van der Waals surface area contributed by atoms with Crippen LogP contribution in [0.2, 0.25) is 0 Å². The molecule has 0 aliphatic rings. The highest BCUT2D eigenvalue weighted by atomic mass is 16.4. The molecule has 0 saturated heterocycles. The molecule has 0 spiro atoms. The highest BCUT2D eigenvalue weighted by Crippen LogP contribution is 2.20. The summed E-state index contributed by atoms with van der Waals surface area (Å²) < 4.78 is 0. The van der Waals surface area contributed by atoms with Crippen molar-refractivity contribution in [2.45, 2.75) is 6.54 Å². The molecular weight excluding hydrogens is 324 g/mol. The highest BCUT2D eigenvalue weighted by Gasteiger charge is 2.11. The lowest BCUT2D eigenvalue weighted by Crippen LogP contribution is -2.21. The number of rotatable bonds is 5. The van der Waals surface area contributed by atoms with Crippen LogP contribution >= 0.6 is 0 Å². The maximum Gasteiger partial charge on any atom is 0.335 e. The zero-order valence-corrected chi connectivity index (χ0v) is 13.0. The molecule has 0 aliphatic heterocycles. The monoisotopic (exact) mass is 338 g/mol. The molecule has 2 aromatic heterocycles. The lowest BCUT2D eigenvalue weighted by molar-refractivity contribution is -0.107. The molecule has 2 heterocycles. The fourth-order valence-electron chi connectivity index (χ4n) is 2.34. The number of fused-ring (bicyclic) bond motifs is 1. The summed E-state index contributed by atoms with van der Waals surface area (Å²) in [6, 6.07) is 9.36. The van der Waals surface area contributed by atoms with E-state index in [4.69, 9.17) is 16.6 Å². The molecule has 0 unspecified atom stereocenters. The van der Waals surface area contributed by atoms with Crippen molar-refractivity contribution in [2.75, 3.05) is 16.4 Å². The Balaban J connectivity index is 1.90. The fourth-order valence-corrected chi connectivity index (χ4v) is 2.34. The molecule has 0 saturated carbocycles. The van der Waals surface area contributed by atoms with Crippen LogP contribution in [-0.2, 0) is 11.3 Å². The number of pyridine rings is 1. The molecule has 3 aromatic rings. The normalized spacial score (nSPS) is 10.6. The maximum absolute atomic E-state index is 11.4. The van der Waals surface area contributed by atoms with Crippen LogP contribution in [0.3, 0.4) is 0 Å². The summed E-state index contributed by atoms with van der Waals surface area (Å²) >= 11 is 0. The van der Waals surface area contributed by atoms with Gasteiger partial charge in [-0.3, -0.25) is 4.79 Å². The third-order valence-electron chi connectivity index (χ3n) is 3.55. The number of amides is 1. The van der Waals surface area contributed by atoms with Gasteiger partial charge in [-0.05, 0) is 36.4 Å². The zero-order valence-electron chi connectivity index (χ0n) is 13.0. The molecule has 1 amide bonds. The van der Waals surface area contributed by atoms with Crippen molar-refractivity contribution >= 4 is 40.9 Å². The summed E-state index contributed by atoms with van der Waals surface area (Å²) in [7, 11) is 0. The van der Waals surface area contributed by atoms with Gasteiger partial charge in [0.2, 0.25) is 12.4 Å². The Bertz CT molecular complexity index is 958. The minimum atomic E-state index is -1.03. The molecule has 5 N–H and O–H groups in total. The number of aromatic carboxylic acids is 1. The number of anilines is 3. The van der Waals surface area contributed by atoms with Crippen LogP contribution in [0, 0.1) is 0 Å². The molecule has 0 radical (unpaired) electrons. The van der Waals surface area contributed by atoms with E-state index in [1.165, 1.54) is 17.0 Å². The standard InChI is InChI=1S/C16H14N6O3/c17-14-13-12(20-16(18)21-14)6-3-10(19-13)7-22(8-23)11-4-1-9(2-5-11)15(24)25/h1-6,8H,7H2,(H,24,25)(H4,17,18,20,21). The second kappa shape index (κ2) is 6.40. The first-order valence-electron chi connectivity index (χ1n) is 7.22. The lowest BCUT2D eigenvalue weighted by Gasteiger charge is -2.17. The van der Waals surface area contributed by atoms with Crippen molar-refractivity contribution in [3.8, 4) is 0 Å². The predicted molar refractivity (Wildman–Crippen MR) is 91.8 cm³/mol. The Hall–Kier alpha value is -3.75. The van der Waals surface area contributed by atoms with Crippen LogP contribution in [0.5, 0.6) is 0 Å². The number of hydrogen-bond acceptors (Lipinski definition) is 7. The summed E-state index contributed by atoms with van der Waals surface area (Å²) in [4.78, 5) is 36.0. The Morgan fingerprint density at radius 1 is 1.08 bits per heavy atom. The molecule has 0 atom stereocenters. The van der Waals surface area contributed by atoms with Crippen LogP contribution in [-0.4, -0.2) is 32.4 Å². The first kappa shape index (κ1) is 16.1. The van der Waals surface area contributed by atoms with Gasteiger partial charge in [-0.15, -0.1) is 0 Å². The number of carboxylic acids is 1. The van der Waals surface area contributed by atoms with Crippen molar-refractivity contribution in [1.82, 2.24) is 15.0 Å². The lowest BCUT2D eigenvalue weighted by atomic mass is 10.2. The summed E-state index contributed by atoms with van der Waals surface area (Å²) in [5.41, 5.74) is 13.5. The van der Waals surface area contributed by atoms with Crippen LogP contribution < -0.4 is 16.4 Å². The van der Waals surface area contributed by atoms with E-state index < -0.39 is 5.97 Å². The second-order valence-corrected chi connectivity index (χ2v) is 5.22. The number of benzene rings is 1. The number of hydrogen-bond donors (Lipinski definition) is 3. The summed E-state index contributed by atoms with van der Waals surface area (Å²) in [5, 5.41) is 8.93. The first-order chi connectivity index (χ1) is 12.0. The molecule has 0 aliphatic carbocycles. The van der Waals surface area contributed by atoms with Crippen molar-refractivity contribution in [3.05, 3.63) is 47.7 Å². The third kappa shape index (κ3) is 3.29. The molecule has 9 nitrogen and oxygen atoms in total. The quantitative estimate of drug-likeness (QED) is 0.584. The van der Waals surface area contributed by atoms with Crippen LogP contribution in [0.4, 0.5) is 17.5 Å². The molecule has 0 bridgehead atoms. The van der Waals surface area contributed by atoms with Gasteiger partial charge >= 0.3 is 5.97 Å². The predicted octanol–water partition coefficient (Wildman–Crippen LogP) is 1.05. The third-order valence-corrected chi connectivity index (χ3v) is 3.55. The van der Waals surface area contributed by atoms with E-state index in [-0.39, 0.29) is 23.9 Å². The summed E-state index contributed by atoms with van der Waals surface area (Å²) in [6.45, 7) is 0.176. The van der Waals surface area contributed by atoms with Gasteiger partial charge in [0.05, 0.1) is 23.3 Å². The van der Waals surface area contributed by atoms with Gasteiger partial charge in [0.25, 0.3) is 0 Å². The van der Waals surface area contributed by atoms with E-state index >= 15 is 0 Å². The number of carbonyl (C=O) groups excluding carboxylic acids is 1. The van der Waals surface area contributed by atoms with Crippen LogP contribution in [0.25, 0.3) is 11.0 Å². The van der Waals surface area contributed by atoms with Crippen molar-refractivity contribution in [1.29, 1.82) is 0 Å². The second-order valence-electron chi connectivity index (χ2n) is 5.22. The SMILES string of the molecule is Nc1nc(N)c2nc(CN(C=O)c3ccc(C(=O)O)cc3)ccc2n1. The summed E-state index contributed by atoms with van der Waals surface area (Å²) in [6.07, 6.45) is 0.643. The first-order valence-corrected chi connectivity index (χ1v) is 7.22. The van der Waals surface area contributed by atoms with Crippen molar-refractivity contribution < 1.29 is 14.7 Å². The van der Waals surface area contributed by atoms with Crippen LogP contribution in [0.15, 0.2) is 36.4 Å². The van der Waals surface area contributed by atoms with Crippen molar-refractivity contribution in [3.63, 3.8) is 0 Å². The van der Waals surface area contributed by atoms with Crippen molar-refractivity contribution in [2.24, 2.45) is 0 Å². The van der Waals surface area contributed by atoms with Gasteiger partial charge in [0.1, 0.15) is 5.52 Å². The van der Waals surface area contributed by atoms with E-state index in [1.54, 1.807) is 24.3 Å². The average Bonchev–Trinajstić information content (AvgIpc) is 2.60. The molecular formula is C16H14N6O3. The minimum Gasteiger partial charge on any atom is -0.478 e. The number of nitrogens with two attached hydrogens (primary N) is 2. The topological polar surface area (TPSA) is 148 Å². The van der Waals surface area contributed by atoms with E-state index in [1.807, 2.05) is 0 Å². The molecule has 25 heavy (non-hydrogen) atoms. The van der Waals surface area contributed by atoms with Gasteiger partial charge in [-0.1, -0.05) is 0 Å². The fraction of sp³-hybridized carbons (Fsp3) is 0.0625. The van der Waals surface area contributed by atoms with E-state index in [2.05, 4.69) is 15.0 Å². The molecule has 3 rings (SSSR count). The van der Waals surface area contributed by atoms with Gasteiger partial charge < -0.3 is 21.5 Å². The van der Waals surface area contributed by atoms with Gasteiger partial charge in [0.15, 0.2) is 5.82 Å². The number of carboxylic acid groups (broad SMARTS) is 1. The molecule has 0 fully saturated rings. The highest BCUT2D eigenvalue weighted by molar-refractivity contribution is 5.88. The van der Waals surface area contributed by atoms with Gasteiger partial charge in [-0.2, -0.15) is 4.98 Å². The summed E-state index contributed by atoms with van der Waals surface area (Å²) in [5.74, 6) is -0.810. The maximum atomic E-state index is 11.4. The Labute approximate surface area is 141 Å². The molecule has 1 aromatic carbocycles. The Kier molecular flexibility index (Phi) is 4.12. The zero-order chi connectivity index (χ0) is 18.0. The minimum absolute atomic E-state index is 0.0626. The van der Waals surface area contributed by atoms with Gasteiger partial charge in [0, 0.05) is 5.69 Å². The van der Waals surface area contributed by atoms with E-state index in [9.17, 15) is 9.59 Å². The van der Waals surface area contributed by atoms with Crippen LogP contribution in [0.1, 0.15) is 16.1 Å². The molecule has 9 heteroatoms. The number of nitrogens with zero attached hydrogens (tertiary/aromatic N) is 4. The number of aromatic nitrogens is 3. The smallest absolute Gasteiger partial charge is 0.335 e. The molecule has 126 valence electrons. The van der Waals surface area contributed by atoms with Gasteiger partial charge in [-0.25, -0.2) is 14.8 Å². The van der Waals surface area contributed by atoms with E-state index in [0.717, 1.165) is 0 Å². The largest absolute Gasteiger partial charge is 0.478 e. The number of carbonyl (C=O) groups is 2.